The normalized spacial score (nSPS) is 14.1. The lowest BCUT2D eigenvalue weighted by Gasteiger charge is -2.29. The van der Waals surface area contributed by atoms with E-state index in [4.69, 9.17) is 19.4 Å². The van der Waals surface area contributed by atoms with Crippen LogP contribution in [-0.4, -0.2) is 40.3 Å². The van der Waals surface area contributed by atoms with Gasteiger partial charge in [-0.25, -0.2) is 9.78 Å². The number of rotatable bonds is 5. The van der Waals surface area contributed by atoms with Crippen molar-refractivity contribution in [3.8, 4) is 16.9 Å². The number of benzene rings is 2. The van der Waals surface area contributed by atoms with Crippen LogP contribution in [0.2, 0.25) is 0 Å². The fourth-order valence-corrected chi connectivity index (χ4v) is 4.88. The van der Waals surface area contributed by atoms with Crippen LogP contribution in [0.15, 0.2) is 42.6 Å². The Morgan fingerprint density at radius 2 is 2.00 bits per heavy atom. The van der Waals surface area contributed by atoms with Gasteiger partial charge in [0.1, 0.15) is 11.6 Å². The van der Waals surface area contributed by atoms with E-state index in [-0.39, 0.29) is 0 Å². The Balaban J connectivity index is 1.91. The number of aryl methyl sites for hydroxylation is 1. The van der Waals surface area contributed by atoms with Crippen LogP contribution in [0.4, 0.5) is 5.82 Å². The number of hydrogen-bond donors (Lipinski definition) is 2. The van der Waals surface area contributed by atoms with Crippen molar-refractivity contribution in [2.75, 3.05) is 19.0 Å². The maximum Gasteiger partial charge on any atom is 0.337 e. The van der Waals surface area contributed by atoms with Crippen LogP contribution in [-0.2, 0) is 16.0 Å². The minimum Gasteiger partial charge on any atom is -0.493 e. The molecule has 35 heavy (non-hydrogen) atoms. The Bertz CT molecular complexity index is 1460. The predicted octanol–water partition coefficient (Wildman–Crippen LogP) is 5.68. The Morgan fingerprint density at radius 1 is 1.20 bits per heavy atom. The van der Waals surface area contributed by atoms with Gasteiger partial charge < -0.3 is 19.9 Å². The number of aliphatic carboxylic acids is 1. The number of nitrogens with one attached hydrogen (secondary N) is 1. The van der Waals surface area contributed by atoms with Crippen LogP contribution >= 0.6 is 0 Å². The largest absolute Gasteiger partial charge is 0.493 e. The minimum absolute atomic E-state index is 0.609. The third-order valence-corrected chi connectivity index (χ3v) is 6.29. The van der Waals surface area contributed by atoms with E-state index in [1.165, 1.54) is 5.56 Å². The number of nitrogens with zero attached hydrogens (tertiary/aromatic N) is 2. The molecule has 180 valence electrons. The van der Waals surface area contributed by atoms with E-state index in [2.05, 4.69) is 5.32 Å². The molecule has 0 aliphatic carbocycles. The number of ether oxygens (including phenoxy) is 2. The molecule has 0 fully saturated rings. The SMILES string of the molecule is CNc1ccc2c(-c3ccc4c5c(ccnc35)CCO4)c([C@H](OC(C)(C)C)C(=O)O)c(C)cc2n1. The zero-order valence-electron chi connectivity index (χ0n) is 20.6. The van der Waals surface area contributed by atoms with Crippen molar-refractivity contribution in [2.45, 2.75) is 45.8 Å². The van der Waals surface area contributed by atoms with Gasteiger partial charge in [-0.2, -0.15) is 0 Å². The lowest BCUT2D eigenvalue weighted by molar-refractivity contribution is -0.160. The van der Waals surface area contributed by atoms with Gasteiger partial charge in [-0.1, -0.05) is 0 Å². The Kier molecular flexibility index (Phi) is 5.60. The highest BCUT2D eigenvalue weighted by Crippen LogP contribution is 2.45. The molecule has 7 heteroatoms. The van der Waals surface area contributed by atoms with E-state index in [1.807, 2.05) is 77.3 Å². The summed E-state index contributed by atoms with van der Waals surface area (Å²) >= 11 is 0. The molecule has 0 unspecified atom stereocenters. The first-order valence-corrected chi connectivity index (χ1v) is 11.7. The highest BCUT2D eigenvalue weighted by molar-refractivity contribution is 6.08. The topological polar surface area (TPSA) is 93.6 Å². The highest BCUT2D eigenvalue weighted by Gasteiger charge is 2.32. The summed E-state index contributed by atoms with van der Waals surface area (Å²) in [6.45, 7) is 8.13. The summed E-state index contributed by atoms with van der Waals surface area (Å²) in [6.07, 6.45) is 1.45. The summed E-state index contributed by atoms with van der Waals surface area (Å²) in [6, 6.07) is 11.8. The molecule has 2 aromatic carbocycles. The molecule has 5 rings (SSSR count). The van der Waals surface area contributed by atoms with Crippen molar-refractivity contribution in [2.24, 2.45) is 0 Å². The number of pyridine rings is 2. The second-order valence-corrected chi connectivity index (χ2v) is 9.85. The molecule has 0 radical (unpaired) electrons. The quantitative estimate of drug-likeness (QED) is 0.387. The number of carboxylic acid groups (broad SMARTS) is 1. The minimum atomic E-state index is -1.17. The van der Waals surface area contributed by atoms with E-state index >= 15 is 0 Å². The standard InChI is InChI=1S/C28H29N3O4/c1-15-14-19-17(7-9-21(29-5)31-19)24(22(15)26(27(32)33)35-28(2,3)4)18-6-8-20-23-16(11-13-34-20)10-12-30-25(18)23/h6-10,12,14,26H,11,13H2,1-5H3,(H,29,31)(H,32,33)/t26-/m0/s1. The summed E-state index contributed by atoms with van der Waals surface area (Å²) in [5.41, 5.74) is 5.07. The average molecular weight is 472 g/mol. The lowest BCUT2D eigenvalue weighted by Crippen LogP contribution is -2.28. The van der Waals surface area contributed by atoms with Gasteiger partial charge >= 0.3 is 5.97 Å². The van der Waals surface area contributed by atoms with Crippen molar-refractivity contribution in [1.29, 1.82) is 0 Å². The molecule has 1 aliphatic rings. The van der Waals surface area contributed by atoms with Gasteiger partial charge in [0, 0.05) is 41.6 Å². The second-order valence-electron chi connectivity index (χ2n) is 9.85. The molecular formula is C28H29N3O4. The number of anilines is 1. The number of carbonyl (C=O) groups is 1. The van der Waals surface area contributed by atoms with Crippen molar-refractivity contribution in [1.82, 2.24) is 9.97 Å². The van der Waals surface area contributed by atoms with Gasteiger partial charge in [-0.05, 0) is 80.8 Å². The molecule has 1 aliphatic heterocycles. The monoisotopic (exact) mass is 471 g/mol. The van der Waals surface area contributed by atoms with Gasteiger partial charge in [0.15, 0.2) is 6.10 Å². The Hall–Kier alpha value is -3.71. The van der Waals surface area contributed by atoms with Crippen molar-refractivity contribution >= 4 is 33.6 Å². The van der Waals surface area contributed by atoms with E-state index < -0.39 is 17.7 Å². The molecule has 7 nitrogen and oxygen atoms in total. The highest BCUT2D eigenvalue weighted by atomic mass is 16.5. The molecule has 0 saturated heterocycles. The van der Waals surface area contributed by atoms with Gasteiger partial charge in [0.05, 0.1) is 23.2 Å². The first-order chi connectivity index (χ1) is 16.7. The molecule has 2 N–H and O–H groups in total. The third kappa shape index (κ3) is 4.06. The number of aromatic nitrogens is 2. The molecule has 0 saturated carbocycles. The predicted molar refractivity (Wildman–Crippen MR) is 137 cm³/mol. The number of carboxylic acids is 1. The van der Waals surface area contributed by atoms with Gasteiger partial charge in [-0.15, -0.1) is 0 Å². The molecule has 4 aromatic rings. The van der Waals surface area contributed by atoms with Crippen LogP contribution in [0.5, 0.6) is 5.75 Å². The van der Waals surface area contributed by atoms with Gasteiger partial charge in [0.25, 0.3) is 0 Å². The van der Waals surface area contributed by atoms with Crippen LogP contribution in [0.1, 0.15) is 43.6 Å². The van der Waals surface area contributed by atoms with Crippen LogP contribution in [0.25, 0.3) is 32.9 Å². The maximum atomic E-state index is 12.6. The fourth-order valence-electron chi connectivity index (χ4n) is 4.88. The van der Waals surface area contributed by atoms with Crippen molar-refractivity contribution < 1.29 is 19.4 Å². The first kappa shape index (κ1) is 23.1. The van der Waals surface area contributed by atoms with E-state index in [1.54, 1.807) is 0 Å². The Labute approximate surface area is 204 Å². The summed E-state index contributed by atoms with van der Waals surface area (Å²) < 4.78 is 12.1. The zero-order valence-corrected chi connectivity index (χ0v) is 20.6. The number of hydrogen-bond acceptors (Lipinski definition) is 6. The first-order valence-electron chi connectivity index (χ1n) is 11.7. The van der Waals surface area contributed by atoms with E-state index in [9.17, 15) is 9.90 Å². The summed E-state index contributed by atoms with van der Waals surface area (Å²) in [7, 11) is 1.82. The van der Waals surface area contributed by atoms with Crippen molar-refractivity contribution in [3.63, 3.8) is 0 Å². The average Bonchev–Trinajstić information content (AvgIpc) is 2.82. The summed E-state index contributed by atoms with van der Waals surface area (Å²) in [5, 5.41) is 15.2. The van der Waals surface area contributed by atoms with Gasteiger partial charge in [-0.3, -0.25) is 4.98 Å². The molecule has 0 spiro atoms. The zero-order chi connectivity index (χ0) is 24.9. The second kappa shape index (κ2) is 8.50. The van der Waals surface area contributed by atoms with Crippen molar-refractivity contribution in [3.05, 3.63) is 59.3 Å². The summed E-state index contributed by atoms with van der Waals surface area (Å²) in [5.74, 6) is 0.495. The summed E-state index contributed by atoms with van der Waals surface area (Å²) in [4.78, 5) is 22.1. The van der Waals surface area contributed by atoms with Crippen LogP contribution in [0, 0.1) is 6.92 Å². The van der Waals surface area contributed by atoms with Crippen LogP contribution in [0.3, 0.4) is 0 Å². The number of fused-ring (bicyclic) bond motifs is 1. The molecule has 0 bridgehead atoms. The van der Waals surface area contributed by atoms with Crippen LogP contribution < -0.4 is 10.1 Å². The third-order valence-electron chi connectivity index (χ3n) is 6.29. The molecule has 2 aromatic heterocycles. The molecule has 0 amide bonds. The van der Waals surface area contributed by atoms with E-state index in [0.717, 1.165) is 56.5 Å². The fraction of sp³-hybridized carbons (Fsp3) is 0.321. The molecular weight excluding hydrogens is 442 g/mol. The smallest absolute Gasteiger partial charge is 0.337 e. The lowest BCUT2D eigenvalue weighted by atomic mass is 9.86. The van der Waals surface area contributed by atoms with E-state index in [0.29, 0.717) is 12.2 Å². The molecule has 3 heterocycles. The maximum absolute atomic E-state index is 12.6. The van der Waals surface area contributed by atoms with Gasteiger partial charge in [0.2, 0.25) is 0 Å². The molecule has 1 atom stereocenters. The Morgan fingerprint density at radius 3 is 2.71 bits per heavy atom.